The first-order chi connectivity index (χ1) is 15.4. The molecule has 0 saturated carbocycles. The van der Waals surface area contributed by atoms with Gasteiger partial charge in [0.1, 0.15) is 18.1 Å². The Hall–Kier alpha value is -2.33. The minimum absolute atomic E-state index is 0.0831. The van der Waals surface area contributed by atoms with Crippen LogP contribution in [0.1, 0.15) is 12.8 Å². The van der Waals surface area contributed by atoms with E-state index in [0.717, 1.165) is 0 Å². The molecule has 32 heavy (non-hydrogen) atoms. The van der Waals surface area contributed by atoms with Crippen molar-refractivity contribution in [1.82, 2.24) is 9.62 Å². The Kier molecular flexibility index (Phi) is 9.16. The highest BCUT2D eigenvalue weighted by molar-refractivity contribution is 7.89. The highest BCUT2D eigenvalue weighted by atomic mass is 35.5. The molecule has 0 aliphatic carbocycles. The largest absolute Gasteiger partial charge is 0.494 e. The molecule has 2 aromatic carbocycles. The lowest BCUT2D eigenvalue weighted by molar-refractivity contribution is -0.121. The molecule has 1 saturated heterocycles. The van der Waals surface area contributed by atoms with E-state index in [-0.39, 0.29) is 17.4 Å². The average Bonchev–Trinajstić information content (AvgIpc) is 2.81. The molecule has 0 radical (unpaired) electrons. The summed E-state index contributed by atoms with van der Waals surface area (Å²) in [5.41, 5.74) is 0. The first-order valence-electron chi connectivity index (χ1n) is 10.4. The minimum atomic E-state index is -3.52. The number of hydrogen-bond acceptors (Lipinski definition) is 6. The summed E-state index contributed by atoms with van der Waals surface area (Å²) in [6.07, 6.45) is 0.941. The van der Waals surface area contributed by atoms with Crippen molar-refractivity contribution in [2.45, 2.75) is 17.7 Å². The van der Waals surface area contributed by atoms with Crippen LogP contribution in [0.15, 0.2) is 53.4 Å². The van der Waals surface area contributed by atoms with E-state index in [1.807, 2.05) is 0 Å². The van der Waals surface area contributed by atoms with Crippen LogP contribution in [-0.2, 0) is 19.6 Å². The quantitative estimate of drug-likeness (QED) is 0.495. The van der Waals surface area contributed by atoms with Crippen molar-refractivity contribution in [1.29, 1.82) is 0 Å². The fourth-order valence-corrected chi connectivity index (χ4v) is 4.58. The molecule has 174 valence electrons. The molecule has 3 rings (SSSR count). The topological polar surface area (TPSA) is 94.2 Å². The van der Waals surface area contributed by atoms with Crippen molar-refractivity contribution in [2.24, 2.45) is 0 Å². The summed E-state index contributed by atoms with van der Waals surface area (Å²) >= 11 is 5.82. The number of nitrogens with one attached hydrogen (secondary N) is 1. The molecule has 0 spiro atoms. The van der Waals surface area contributed by atoms with Crippen molar-refractivity contribution >= 4 is 27.5 Å². The molecule has 0 unspecified atom stereocenters. The molecule has 0 aromatic heterocycles. The summed E-state index contributed by atoms with van der Waals surface area (Å²) < 4.78 is 43.0. The molecule has 10 heteroatoms. The van der Waals surface area contributed by atoms with Crippen LogP contribution in [-0.4, -0.2) is 64.7 Å². The minimum Gasteiger partial charge on any atom is -0.494 e. The third-order valence-corrected chi connectivity index (χ3v) is 6.92. The van der Waals surface area contributed by atoms with Gasteiger partial charge >= 0.3 is 0 Å². The Morgan fingerprint density at radius 3 is 2.22 bits per heavy atom. The van der Waals surface area contributed by atoms with Crippen molar-refractivity contribution < 1.29 is 27.4 Å². The number of rotatable bonds is 11. The van der Waals surface area contributed by atoms with Crippen LogP contribution in [0.3, 0.4) is 0 Å². The maximum absolute atomic E-state index is 12.6. The lowest BCUT2D eigenvalue weighted by atomic mass is 10.3. The van der Waals surface area contributed by atoms with Crippen LogP contribution >= 0.6 is 11.6 Å². The van der Waals surface area contributed by atoms with Crippen molar-refractivity contribution in [3.8, 4) is 11.5 Å². The Bertz CT molecular complexity index is 961. The number of benzene rings is 2. The normalized spacial score (nSPS) is 14.7. The van der Waals surface area contributed by atoms with Gasteiger partial charge < -0.3 is 19.5 Å². The predicted molar refractivity (Wildman–Crippen MR) is 121 cm³/mol. The van der Waals surface area contributed by atoms with Crippen LogP contribution in [0, 0.1) is 0 Å². The van der Waals surface area contributed by atoms with E-state index < -0.39 is 10.0 Å². The maximum Gasteiger partial charge on any atom is 0.243 e. The SMILES string of the molecule is O=C(CCCOc1ccc(Cl)cc1)NCCOc1ccc(S(=O)(=O)N2CCOCC2)cc1. The zero-order valence-corrected chi connectivity index (χ0v) is 19.2. The van der Waals surface area contributed by atoms with Crippen molar-refractivity contribution in [3.63, 3.8) is 0 Å². The molecule has 1 fully saturated rings. The third-order valence-electron chi connectivity index (χ3n) is 4.76. The molecule has 1 aliphatic heterocycles. The third kappa shape index (κ3) is 7.37. The standard InChI is InChI=1S/C22H27ClN2O6S/c23-18-3-5-19(6-4-18)30-14-1-2-22(26)24-11-15-31-20-7-9-21(10-8-20)32(27,28)25-12-16-29-17-13-25/h3-10H,1-2,11-17H2,(H,24,26). The number of ether oxygens (including phenoxy) is 3. The van der Waals surface area contributed by atoms with Gasteiger partial charge in [0.25, 0.3) is 0 Å². The van der Waals surface area contributed by atoms with Crippen LogP contribution in [0.2, 0.25) is 5.02 Å². The zero-order chi connectivity index (χ0) is 22.8. The number of hydrogen-bond donors (Lipinski definition) is 1. The molecule has 1 N–H and O–H groups in total. The number of morpholine rings is 1. The smallest absolute Gasteiger partial charge is 0.243 e. The van der Waals surface area contributed by atoms with Gasteiger partial charge in [0, 0.05) is 24.5 Å². The van der Waals surface area contributed by atoms with Gasteiger partial charge in [-0.25, -0.2) is 8.42 Å². The Balaban J connectivity index is 1.31. The lowest BCUT2D eigenvalue weighted by Crippen LogP contribution is -2.40. The molecule has 0 bridgehead atoms. The fraction of sp³-hybridized carbons (Fsp3) is 0.409. The second-order valence-corrected chi connectivity index (χ2v) is 9.47. The first-order valence-corrected chi connectivity index (χ1v) is 12.2. The second kappa shape index (κ2) is 12.1. The van der Waals surface area contributed by atoms with Gasteiger partial charge in [-0.05, 0) is 55.0 Å². The van der Waals surface area contributed by atoms with E-state index in [0.29, 0.717) is 68.8 Å². The summed E-state index contributed by atoms with van der Waals surface area (Å²) in [7, 11) is -3.52. The van der Waals surface area contributed by atoms with Gasteiger partial charge in [-0.15, -0.1) is 0 Å². The number of carbonyl (C=O) groups excluding carboxylic acids is 1. The van der Waals surface area contributed by atoms with Crippen LogP contribution in [0.5, 0.6) is 11.5 Å². The van der Waals surface area contributed by atoms with E-state index in [2.05, 4.69) is 5.32 Å². The van der Waals surface area contributed by atoms with Gasteiger partial charge in [-0.1, -0.05) is 11.6 Å². The number of halogens is 1. The summed E-state index contributed by atoms with van der Waals surface area (Å²) in [5, 5.41) is 3.43. The number of sulfonamides is 1. The van der Waals surface area contributed by atoms with E-state index >= 15 is 0 Å². The van der Waals surface area contributed by atoms with Crippen LogP contribution < -0.4 is 14.8 Å². The monoisotopic (exact) mass is 482 g/mol. The summed E-state index contributed by atoms with van der Waals surface area (Å²) in [6.45, 7) is 2.59. The van der Waals surface area contributed by atoms with Gasteiger partial charge in [0.05, 0.1) is 31.3 Å². The highest BCUT2D eigenvalue weighted by Gasteiger charge is 2.26. The lowest BCUT2D eigenvalue weighted by Gasteiger charge is -2.26. The Morgan fingerprint density at radius 1 is 0.969 bits per heavy atom. The molecule has 1 aliphatic rings. The molecular weight excluding hydrogens is 456 g/mol. The van der Waals surface area contributed by atoms with Crippen LogP contribution in [0.4, 0.5) is 0 Å². The van der Waals surface area contributed by atoms with Gasteiger partial charge in [-0.3, -0.25) is 4.79 Å². The molecule has 0 atom stereocenters. The molecule has 1 amide bonds. The van der Waals surface area contributed by atoms with Crippen molar-refractivity contribution in [2.75, 3.05) is 46.1 Å². The Morgan fingerprint density at radius 2 is 1.56 bits per heavy atom. The van der Waals surface area contributed by atoms with Crippen molar-refractivity contribution in [3.05, 3.63) is 53.6 Å². The maximum atomic E-state index is 12.6. The molecule has 2 aromatic rings. The van der Waals surface area contributed by atoms with E-state index in [1.165, 1.54) is 16.4 Å². The van der Waals surface area contributed by atoms with E-state index in [9.17, 15) is 13.2 Å². The average molecular weight is 483 g/mol. The summed E-state index contributed by atoms with van der Waals surface area (Å²) in [5.74, 6) is 1.17. The molecular formula is C22H27ClN2O6S. The highest BCUT2D eigenvalue weighted by Crippen LogP contribution is 2.20. The number of amides is 1. The second-order valence-electron chi connectivity index (χ2n) is 7.09. The first kappa shape index (κ1) is 24.3. The van der Waals surface area contributed by atoms with Gasteiger partial charge in [0.2, 0.25) is 15.9 Å². The number of nitrogens with zero attached hydrogens (tertiary/aromatic N) is 1. The molecule has 8 nitrogen and oxygen atoms in total. The summed E-state index contributed by atoms with van der Waals surface area (Å²) in [6, 6.07) is 13.3. The number of carbonyl (C=O) groups is 1. The van der Waals surface area contributed by atoms with E-state index in [1.54, 1.807) is 36.4 Å². The summed E-state index contributed by atoms with van der Waals surface area (Å²) in [4.78, 5) is 12.1. The zero-order valence-electron chi connectivity index (χ0n) is 17.7. The predicted octanol–water partition coefficient (Wildman–Crippen LogP) is 2.72. The van der Waals surface area contributed by atoms with Gasteiger partial charge in [-0.2, -0.15) is 4.31 Å². The van der Waals surface area contributed by atoms with Gasteiger partial charge in [0.15, 0.2) is 0 Å². The fourth-order valence-electron chi connectivity index (χ4n) is 3.05. The Labute approximate surface area is 193 Å². The van der Waals surface area contributed by atoms with E-state index in [4.69, 9.17) is 25.8 Å². The van der Waals surface area contributed by atoms with Crippen LogP contribution in [0.25, 0.3) is 0 Å². The molecule has 1 heterocycles.